The highest BCUT2D eigenvalue weighted by Crippen LogP contribution is 2.47. The maximum absolute atomic E-state index is 2.41. The summed E-state index contributed by atoms with van der Waals surface area (Å²) in [6, 6.07) is 100. The number of nitrogens with zero attached hydrogens (tertiary/aromatic N) is 1. The van der Waals surface area contributed by atoms with Crippen LogP contribution in [0.5, 0.6) is 0 Å². The van der Waals surface area contributed by atoms with Crippen molar-refractivity contribution in [2.45, 2.75) is 0 Å². The van der Waals surface area contributed by atoms with E-state index in [2.05, 4.69) is 278 Å². The topological polar surface area (TPSA) is 3.24 Å². The lowest BCUT2D eigenvalue weighted by molar-refractivity contribution is 1.28. The largest absolute Gasteiger partial charge is 0.310 e. The van der Waals surface area contributed by atoms with E-state index in [1.807, 2.05) is 11.3 Å². The second kappa shape index (κ2) is 17.4. The molecule has 0 saturated heterocycles. The Morgan fingerprint density at radius 2 is 0.736 bits per heavy atom. The van der Waals surface area contributed by atoms with Crippen molar-refractivity contribution in [2.75, 3.05) is 4.90 Å². The second-order valence-corrected chi connectivity index (χ2v) is 19.8. The van der Waals surface area contributed by atoms with E-state index in [1.165, 1.54) is 119 Å². The summed E-state index contributed by atoms with van der Waals surface area (Å²) in [6.07, 6.45) is 0. The van der Waals surface area contributed by atoms with Crippen molar-refractivity contribution in [3.63, 3.8) is 0 Å². The summed E-state index contributed by atoms with van der Waals surface area (Å²) in [7, 11) is 0. The molecular formula is C70H45NS. The Kier molecular flexibility index (Phi) is 10.1. The summed E-state index contributed by atoms with van der Waals surface area (Å²) < 4.78 is 2.62. The minimum atomic E-state index is 1.09. The number of rotatable bonds is 8. The van der Waals surface area contributed by atoms with Crippen LogP contribution < -0.4 is 4.90 Å². The molecule has 13 aromatic carbocycles. The van der Waals surface area contributed by atoms with Crippen LogP contribution in [0, 0.1) is 0 Å². The first kappa shape index (κ1) is 41.9. The molecule has 2 heteroatoms. The molecule has 1 heterocycles. The van der Waals surface area contributed by atoms with Gasteiger partial charge in [0.1, 0.15) is 0 Å². The van der Waals surface area contributed by atoms with E-state index in [9.17, 15) is 0 Å². The molecule has 336 valence electrons. The molecule has 0 amide bonds. The average Bonchev–Trinajstić information content (AvgIpc) is 3.84. The van der Waals surface area contributed by atoms with E-state index >= 15 is 0 Å². The maximum Gasteiger partial charge on any atom is 0.0467 e. The first-order valence-electron chi connectivity index (χ1n) is 24.7. The maximum atomic E-state index is 2.41. The second-order valence-electron chi connectivity index (χ2n) is 18.8. The third-order valence-electron chi connectivity index (χ3n) is 14.6. The molecule has 0 N–H and O–H groups in total. The quantitative estimate of drug-likeness (QED) is 0.137. The van der Waals surface area contributed by atoms with Gasteiger partial charge in [-0.25, -0.2) is 0 Å². The van der Waals surface area contributed by atoms with Crippen LogP contribution in [0.1, 0.15) is 0 Å². The highest BCUT2D eigenvalue weighted by molar-refractivity contribution is 7.26. The Hall–Kier alpha value is -9.08. The first-order valence-corrected chi connectivity index (χ1v) is 25.5. The van der Waals surface area contributed by atoms with Crippen LogP contribution in [0.25, 0.3) is 119 Å². The number of anilines is 3. The Morgan fingerprint density at radius 1 is 0.236 bits per heavy atom. The van der Waals surface area contributed by atoms with Gasteiger partial charge in [-0.3, -0.25) is 0 Å². The van der Waals surface area contributed by atoms with Crippen LogP contribution in [-0.4, -0.2) is 0 Å². The Morgan fingerprint density at radius 3 is 1.46 bits per heavy atom. The lowest BCUT2D eigenvalue weighted by Gasteiger charge is -2.26. The molecule has 0 aliphatic heterocycles. The van der Waals surface area contributed by atoms with Gasteiger partial charge in [0.15, 0.2) is 0 Å². The average molecular weight is 932 g/mol. The van der Waals surface area contributed by atoms with Crippen molar-refractivity contribution in [3.05, 3.63) is 273 Å². The van der Waals surface area contributed by atoms with Gasteiger partial charge in [0.05, 0.1) is 0 Å². The van der Waals surface area contributed by atoms with Gasteiger partial charge in [-0.05, 0) is 153 Å². The number of fused-ring (bicyclic) bond motifs is 9. The van der Waals surface area contributed by atoms with Crippen LogP contribution >= 0.6 is 11.3 Å². The van der Waals surface area contributed by atoms with E-state index in [0.29, 0.717) is 0 Å². The van der Waals surface area contributed by atoms with Gasteiger partial charge in [0.25, 0.3) is 0 Å². The number of hydrogen-bond donors (Lipinski definition) is 0. The van der Waals surface area contributed by atoms with Crippen molar-refractivity contribution < 1.29 is 0 Å². The molecule has 0 atom stereocenters. The molecule has 0 unspecified atom stereocenters. The van der Waals surface area contributed by atoms with E-state index in [1.54, 1.807) is 0 Å². The fourth-order valence-electron chi connectivity index (χ4n) is 11.2. The predicted molar refractivity (Wildman–Crippen MR) is 311 cm³/mol. The molecular weight excluding hydrogens is 887 g/mol. The molecule has 72 heavy (non-hydrogen) atoms. The molecule has 1 nitrogen and oxygen atoms in total. The Labute approximate surface area is 422 Å². The van der Waals surface area contributed by atoms with Gasteiger partial charge in [0, 0.05) is 37.2 Å². The zero-order valence-corrected chi connectivity index (χ0v) is 40.2. The minimum absolute atomic E-state index is 1.09. The summed E-state index contributed by atoms with van der Waals surface area (Å²) in [5.41, 5.74) is 15.4. The van der Waals surface area contributed by atoms with Crippen molar-refractivity contribution >= 4 is 91.7 Å². The fourth-order valence-corrected chi connectivity index (χ4v) is 12.5. The highest BCUT2D eigenvalue weighted by atomic mass is 32.1. The zero-order chi connectivity index (χ0) is 47.5. The normalized spacial score (nSPS) is 11.6. The monoisotopic (exact) mass is 931 g/mol. The van der Waals surface area contributed by atoms with Crippen molar-refractivity contribution in [1.82, 2.24) is 0 Å². The lowest BCUT2D eigenvalue weighted by atomic mass is 9.84. The summed E-state index contributed by atoms with van der Waals surface area (Å²) in [4.78, 5) is 2.40. The highest BCUT2D eigenvalue weighted by Gasteiger charge is 2.20. The number of hydrogen-bond acceptors (Lipinski definition) is 2. The molecule has 1 aromatic heterocycles. The van der Waals surface area contributed by atoms with Crippen molar-refractivity contribution in [3.8, 4) is 55.6 Å². The summed E-state index contributed by atoms with van der Waals surface area (Å²) in [6.45, 7) is 0. The van der Waals surface area contributed by atoms with Crippen LogP contribution in [0.3, 0.4) is 0 Å². The van der Waals surface area contributed by atoms with Crippen LogP contribution in [0.15, 0.2) is 273 Å². The van der Waals surface area contributed by atoms with E-state index in [4.69, 9.17) is 0 Å². The predicted octanol–water partition coefficient (Wildman–Crippen LogP) is 20.5. The smallest absolute Gasteiger partial charge is 0.0467 e. The number of thiophene rings is 1. The fraction of sp³-hybridized carbons (Fsp3) is 0. The molecule has 0 aliphatic carbocycles. The molecule has 0 saturated carbocycles. The van der Waals surface area contributed by atoms with E-state index in [0.717, 1.165) is 17.1 Å². The van der Waals surface area contributed by atoms with E-state index in [-0.39, 0.29) is 0 Å². The van der Waals surface area contributed by atoms with Gasteiger partial charge in [-0.2, -0.15) is 0 Å². The Balaban J connectivity index is 0.894. The van der Waals surface area contributed by atoms with E-state index < -0.39 is 0 Å². The van der Waals surface area contributed by atoms with Crippen molar-refractivity contribution in [1.29, 1.82) is 0 Å². The molecule has 0 fully saturated rings. The standard InChI is InChI=1S/C70H45NS/c1-3-16-49(17-4-1)68-64-25-10-9-23-61(64)62-42-36-52(45-66(62)69(68)50-18-5-2-6-19-50)47-33-39-56(40-34-47)71(57-21-13-20-53(44-57)60-26-14-27-65-63-24-11-12-28-67(63)72-70(60)65)55-37-31-46(32-38-55)51-35-41-59-54(43-51)30-29-48-15-7-8-22-58(48)59/h1-45H. The van der Waals surface area contributed by atoms with Crippen LogP contribution in [0.4, 0.5) is 17.1 Å². The van der Waals surface area contributed by atoms with Gasteiger partial charge >= 0.3 is 0 Å². The van der Waals surface area contributed by atoms with Gasteiger partial charge in [0.2, 0.25) is 0 Å². The van der Waals surface area contributed by atoms with Crippen molar-refractivity contribution in [2.24, 2.45) is 0 Å². The van der Waals surface area contributed by atoms with Gasteiger partial charge < -0.3 is 4.90 Å². The number of benzene rings is 13. The molecule has 0 bridgehead atoms. The SMILES string of the molecule is c1ccc(-c2c(-c3ccccc3)c3cc(-c4ccc(N(c5ccc(-c6ccc7c(ccc8ccccc87)c6)cc5)c5cccc(-c6cccc7c6sc6ccccc67)c5)cc4)ccc3c3ccccc23)cc1. The van der Waals surface area contributed by atoms with Crippen LogP contribution in [0.2, 0.25) is 0 Å². The lowest BCUT2D eigenvalue weighted by Crippen LogP contribution is -2.10. The van der Waals surface area contributed by atoms with Gasteiger partial charge in [-0.1, -0.05) is 218 Å². The summed E-state index contributed by atoms with van der Waals surface area (Å²) in [5, 5.41) is 12.7. The third kappa shape index (κ3) is 7.15. The molecule has 0 aliphatic rings. The van der Waals surface area contributed by atoms with Crippen LogP contribution in [-0.2, 0) is 0 Å². The van der Waals surface area contributed by atoms with Gasteiger partial charge in [-0.15, -0.1) is 11.3 Å². The first-order chi connectivity index (χ1) is 35.7. The summed E-state index contributed by atoms with van der Waals surface area (Å²) in [5.74, 6) is 0. The molecule has 14 aromatic rings. The zero-order valence-electron chi connectivity index (χ0n) is 39.3. The Bertz CT molecular complexity index is 4360. The molecule has 14 rings (SSSR count). The summed E-state index contributed by atoms with van der Waals surface area (Å²) >= 11 is 1.88. The molecule has 0 radical (unpaired) electrons. The third-order valence-corrected chi connectivity index (χ3v) is 15.9. The minimum Gasteiger partial charge on any atom is -0.310 e. The molecule has 0 spiro atoms.